The van der Waals surface area contributed by atoms with E-state index in [-0.39, 0.29) is 12.6 Å². The summed E-state index contributed by atoms with van der Waals surface area (Å²) in [4.78, 5) is 14.2. The molecule has 1 saturated heterocycles. The molecule has 5 heteroatoms. The Kier molecular flexibility index (Phi) is 7.37. The van der Waals surface area contributed by atoms with Gasteiger partial charge in [-0.25, -0.2) is 4.79 Å². The Morgan fingerprint density at radius 1 is 1.33 bits per heavy atom. The van der Waals surface area contributed by atoms with Gasteiger partial charge in [0.15, 0.2) is 0 Å². The average Bonchev–Trinajstić information content (AvgIpc) is 3.01. The Labute approximate surface area is 145 Å². The number of anilines is 1. The van der Waals surface area contributed by atoms with Gasteiger partial charge in [0.05, 0.1) is 0 Å². The molecule has 1 aromatic carbocycles. The number of rotatable bonds is 8. The summed E-state index contributed by atoms with van der Waals surface area (Å²) >= 11 is 0. The zero-order valence-corrected chi connectivity index (χ0v) is 14.9. The highest BCUT2D eigenvalue weighted by Crippen LogP contribution is 2.17. The lowest BCUT2D eigenvalue weighted by Gasteiger charge is -2.22. The molecule has 1 aromatic rings. The van der Waals surface area contributed by atoms with Gasteiger partial charge in [0.2, 0.25) is 0 Å². The number of likely N-dealkylation sites (tertiary alicyclic amines) is 1. The maximum atomic E-state index is 12.4. The van der Waals surface area contributed by atoms with Crippen molar-refractivity contribution < 1.29 is 9.90 Å². The van der Waals surface area contributed by atoms with Gasteiger partial charge in [-0.1, -0.05) is 32.0 Å². The second-order valence-electron chi connectivity index (χ2n) is 7.14. The van der Waals surface area contributed by atoms with Crippen molar-refractivity contribution in [2.24, 2.45) is 11.8 Å². The minimum atomic E-state index is 0.0130. The van der Waals surface area contributed by atoms with E-state index in [2.05, 4.69) is 24.5 Å². The summed E-state index contributed by atoms with van der Waals surface area (Å²) in [7, 11) is 0. The number of amides is 2. The highest BCUT2D eigenvalue weighted by Gasteiger charge is 2.26. The summed E-state index contributed by atoms with van der Waals surface area (Å²) in [5.74, 6) is 0.921. The third kappa shape index (κ3) is 6.04. The lowest BCUT2D eigenvalue weighted by molar-refractivity contribution is 0.200. The molecule has 0 bridgehead atoms. The van der Waals surface area contributed by atoms with Crippen LogP contribution in [0.25, 0.3) is 0 Å². The van der Waals surface area contributed by atoms with Crippen molar-refractivity contribution in [1.29, 1.82) is 0 Å². The number of carbonyl (C=O) groups is 1. The number of nitrogens with one attached hydrogen (secondary N) is 2. The molecule has 1 aliphatic heterocycles. The van der Waals surface area contributed by atoms with E-state index in [0.29, 0.717) is 24.4 Å². The van der Waals surface area contributed by atoms with Gasteiger partial charge in [-0.2, -0.15) is 0 Å². The first-order valence-electron chi connectivity index (χ1n) is 9.03. The van der Waals surface area contributed by atoms with Gasteiger partial charge in [-0.15, -0.1) is 0 Å². The van der Waals surface area contributed by atoms with Crippen LogP contribution in [0.15, 0.2) is 30.3 Å². The monoisotopic (exact) mass is 333 g/mol. The number of hydrogen-bond donors (Lipinski definition) is 3. The summed E-state index contributed by atoms with van der Waals surface area (Å²) < 4.78 is 0. The van der Waals surface area contributed by atoms with E-state index in [1.165, 1.54) is 0 Å². The standard InChI is InChI=1S/C19H31N3O2/c1-15(2)12-16(9-11-23)13-20-19(24)22-10-8-18(14-22)21-17-6-4-3-5-7-17/h3-7,15-16,18,21,23H,8-14H2,1-2H3,(H,20,24). The van der Waals surface area contributed by atoms with Crippen LogP contribution in [0.5, 0.6) is 0 Å². The van der Waals surface area contributed by atoms with Crippen LogP contribution in [-0.4, -0.2) is 48.3 Å². The first-order chi connectivity index (χ1) is 11.6. The van der Waals surface area contributed by atoms with Crippen molar-refractivity contribution in [2.45, 2.75) is 39.2 Å². The van der Waals surface area contributed by atoms with Gasteiger partial charge in [-0.3, -0.25) is 0 Å². The Balaban J connectivity index is 1.75. The molecule has 2 atom stereocenters. The van der Waals surface area contributed by atoms with Crippen LogP contribution in [0.3, 0.4) is 0 Å². The predicted molar refractivity (Wildman–Crippen MR) is 98.1 cm³/mol. The molecule has 1 aliphatic rings. The quantitative estimate of drug-likeness (QED) is 0.685. The molecule has 0 spiro atoms. The Hall–Kier alpha value is -1.75. The number of para-hydroxylation sites is 1. The van der Waals surface area contributed by atoms with Crippen molar-refractivity contribution in [3.05, 3.63) is 30.3 Å². The van der Waals surface area contributed by atoms with Crippen molar-refractivity contribution in [3.63, 3.8) is 0 Å². The summed E-state index contributed by atoms with van der Waals surface area (Å²) in [6.45, 7) is 6.69. The first-order valence-corrected chi connectivity index (χ1v) is 9.03. The second kappa shape index (κ2) is 9.52. The van der Waals surface area contributed by atoms with Crippen LogP contribution in [0.1, 0.15) is 33.1 Å². The maximum Gasteiger partial charge on any atom is 0.317 e. The average molecular weight is 333 g/mol. The van der Waals surface area contributed by atoms with Crippen LogP contribution < -0.4 is 10.6 Å². The van der Waals surface area contributed by atoms with E-state index in [1.807, 2.05) is 35.2 Å². The molecule has 0 aliphatic carbocycles. The highest BCUT2D eigenvalue weighted by molar-refractivity contribution is 5.74. The molecule has 2 amide bonds. The van der Waals surface area contributed by atoms with E-state index < -0.39 is 0 Å². The van der Waals surface area contributed by atoms with E-state index in [9.17, 15) is 4.79 Å². The lowest BCUT2D eigenvalue weighted by Crippen LogP contribution is -2.41. The van der Waals surface area contributed by atoms with Crippen molar-refractivity contribution in [3.8, 4) is 0 Å². The number of carbonyl (C=O) groups excluding carboxylic acids is 1. The summed E-state index contributed by atoms with van der Waals surface area (Å²) in [5, 5.41) is 15.7. The molecular weight excluding hydrogens is 302 g/mol. The van der Waals surface area contributed by atoms with E-state index in [1.54, 1.807) is 0 Å². The van der Waals surface area contributed by atoms with Crippen LogP contribution in [0.2, 0.25) is 0 Å². The number of aliphatic hydroxyl groups excluding tert-OH is 1. The molecule has 134 valence electrons. The van der Waals surface area contributed by atoms with Crippen LogP contribution in [0, 0.1) is 11.8 Å². The van der Waals surface area contributed by atoms with Crippen molar-refractivity contribution in [1.82, 2.24) is 10.2 Å². The normalized spacial score (nSPS) is 18.7. The third-order valence-corrected chi connectivity index (χ3v) is 4.50. The van der Waals surface area contributed by atoms with E-state index in [0.717, 1.165) is 38.0 Å². The summed E-state index contributed by atoms with van der Waals surface area (Å²) in [6, 6.07) is 10.4. The molecule has 2 rings (SSSR count). The molecule has 5 nitrogen and oxygen atoms in total. The molecule has 2 unspecified atom stereocenters. The zero-order chi connectivity index (χ0) is 17.4. The largest absolute Gasteiger partial charge is 0.396 e. The zero-order valence-electron chi connectivity index (χ0n) is 14.9. The SMILES string of the molecule is CC(C)CC(CCO)CNC(=O)N1CCC(Nc2ccccc2)C1. The van der Waals surface area contributed by atoms with Crippen LogP contribution >= 0.6 is 0 Å². The van der Waals surface area contributed by atoms with Crippen LogP contribution in [0.4, 0.5) is 10.5 Å². The highest BCUT2D eigenvalue weighted by atomic mass is 16.3. The van der Waals surface area contributed by atoms with Gasteiger partial charge in [0, 0.05) is 38.0 Å². The first kappa shape index (κ1) is 18.6. The molecule has 1 heterocycles. The predicted octanol–water partition coefficient (Wildman–Crippen LogP) is 2.93. The lowest BCUT2D eigenvalue weighted by atomic mass is 9.94. The maximum absolute atomic E-state index is 12.4. The Bertz CT molecular complexity index is 493. The molecule has 1 fully saturated rings. The van der Waals surface area contributed by atoms with Crippen LogP contribution in [-0.2, 0) is 0 Å². The van der Waals surface area contributed by atoms with Gasteiger partial charge >= 0.3 is 6.03 Å². The third-order valence-electron chi connectivity index (χ3n) is 4.50. The molecule has 3 N–H and O–H groups in total. The number of urea groups is 1. The fourth-order valence-corrected chi connectivity index (χ4v) is 3.33. The molecule has 0 aromatic heterocycles. The smallest absolute Gasteiger partial charge is 0.317 e. The van der Waals surface area contributed by atoms with Gasteiger partial charge in [0.25, 0.3) is 0 Å². The van der Waals surface area contributed by atoms with Crippen molar-refractivity contribution >= 4 is 11.7 Å². The van der Waals surface area contributed by atoms with E-state index in [4.69, 9.17) is 5.11 Å². The summed E-state index contributed by atoms with van der Waals surface area (Å²) in [5.41, 5.74) is 1.10. The second-order valence-corrected chi connectivity index (χ2v) is 7.14. The van der Waals surface area contributed by atoms with Gasteiger partial charge in [-0.05, 0) is 43.2 Å². The molecule has 0 radical (unpaired) electrons. The fourth-order valence-electron chi connectivity index (χ4n) is 3.33. The van der Waals surface area contributed by atoms with Gasteiger partial charge < -0.3 is 20.6 Å². The molecular formula is C19H31N3O2. The van der Waals surface area contributed by atoms with Crippen molar-refractivity contribution in [2.75, 3.05) is 31.6 Å². The topological polar surface area (TPSA) is 64.6 Å². The molecule has 24 heavy (non-hydrogen) atoms. The minimum Gasteiger partial charge on any atom is -0.396 e. The Morgan fingerprint density at radius 3 is 2.75 bits per heavy atom. The fraction of sp³-hybridized carbons (Fsp3) is 0.632. The number of nitrogens with zero attached hydrogens (tertiary/aromatic N) is 1. The Morgan fingerprint density at radius 2 is 2.08 bits per heavy atom. The summed E-state index contributed by atoms with van der Waals surface area (Å²) in [6.07, 6.45) is 2.74. The number of benzene rings is 1. The molecule has 0 saturated carbocycles. The number of hydrogen-bond acceptors (Lipinski definition) is 3. The van der Waals surface area contributed by atoms with E-state index >= 15 is 0 Å². The number of aliphatic hydroxyl groups is 1. The minimum absolute atomic E-state index is 0.0130. The van der Waals surface area contributed by atoms with Gasteiger partial charge in [0.1, 0.15) is 0 Å².